The van der Waals surface area contributed by atoms with Crippen LogP contribution in [0.3, 0.4) is 0 Å². The second-order valence-electron chi connectivity index (χ2n) is 8.85. The third-order valence-electron chi connectivity index (χ3n) is 5.10. The fourth-order valence-corrected chi connectivity index (χ4v) is 3.28. The number of hydrogen-bond acceptors (Lipinski definition) is 4. The van der Waals surface area contributed by atoms with Gasteiger partial charge < -0.3 is 14.8 Å². The van der Waals surface area contributed by atoms with Crippen LogP contribution < -0.4 is 10.1 Å². The van der Waals surface area contributed by atoms with Crippen molar-refractivity contribution < 1.29 is 32.2 Å². The van der Waals surface area contributed by atoms with E-state index in [4.69, 9.17) is 9.47 Å². The summed E-state index contributed by atoms with van der Waals surface area (Å²) < 4.78 is 49.3. The molecule has 0 aromatic heterocycles. The lowest BCUT2D eigenvalue weighted by Crippen LogP contribution is -2.39. The molecule has 1 N–H and O–H groups in total. The number of alkyl carbamates (subject to hydrolysis) is 1. The first-order valence-electron chi connectivity index (χ1n) is 10.6. The molecular formula is C25H30F3NO4. The van der Waals surface area contributed by atoms with Crippen molar-refractivity contribution in [3.05, 3.63) is 65.2 Å². The Kier molecular flexibility index (Phi) is 8.52. The Morgan fingerprint density at radius 2 is 1.55 bits per heavy atom. The number of carbonyl (C=O) groups is 2. The summed E-state index contributed by atoms with van der Waals surface area (Å²) in [7, 11) is 1.57. The molecule has 0 aliphatic carbocycles. The second-order valence-corrected chi connectivity index (χ2v) is 8.85. The van der Waals surface area contributed by atoms with Crippen molar-refractivity contribution in [1.82, 2.24) is 5.32 Å². The maximum absolute atomic E-state index is 13.0. The van der Waals surface area contributed by atoms with Crippen LogP contribution in [-0.4, -0.2) is 24.6 Å². The van der Waals surface area contributed by atoms with Crippen molar-refractivity contribution in [1.29, 1.82) is 0 Å². The molecule has 2 rings (SSSR count). The van der Waals surface area contributed by atoms with Crippen molar-refractivity contribution in [3.63, 3.8) is 0 Å². The summed E-state index contributed by atoms with van der Waals surface area (Å²) in [4.78, 5) is 25.3. The molecule has 2 atom stereocenters. The van der Waals surface area contributed by atoms with E-state index in [1.54, 1.807) is 46.9 Å². The number of nitrogens with one attached hydrogen (secondary N) is 1. The number of ketones is 1. The predicted molar refractivity (Wildman–Crippen MR) is 119 cm³/mol. The van der Waals surface area contributed by atoms with Gasteiger partial charge in [-0.25, -0.2) is 4.79 Å². The van der Waals surface area contributed by atoms with Gasteiger partial charge in [0.25, 0.3) is 0 Å². The summed E-state index contributed by atoms with van der Waals surface area (Å²) in [5.41, 5.74) is -0.237. The van der Waals surface area contributed by atoms with Gasteiger partial charge in [-0.3, -0.25) is 4.79 Å². The van der Waals surface area contributed by atoms with Crippen molar-refractivity contribution in [3.8, 4) is 5.75 Å². The van der Waals surface area contributed by atoms with E-state index in [9.17, 15) is 22.8 Å². The van der Waals surface area contributed by atoms with Crippen LogP contribution in [-0.2, 0) is 22.1 Å². The molecular weight excluding hydrogens is 435 g/mol. The molecule has 0 spiro atoms. The lowest BCUT2D eigenvalue weighted by Gasteiger charge is -2.27. The topological polar surface area (TPSA) is 64.6 Å². The molecule has 0 unspecified atom stereocenters. The number of halogens is 3. The largest absolute Gasteiger partial charge is 0.497 e. The van der Waals surface area contributed by atoms with Crippen molar-refractivity contribution in [2.24, 2.45) is 5.92 Å². The molecule has 1 amide bonds. The highest BCUT2D eigenvalue weighted by atomic mass is 19.4. The van der Waals surface area contributed by atoms with Gasteiger partial charge in [0.05, 0.1) is 18.7 Å². The fraction of sp³-hybridized carbons (Fsp3) is 0.440. The lowest BCUT2D eigenvalue weighted by molar-refractivity contribution is -0.137. The number of ether oxygens (including phenoxy) is 2. The lowest BCUT2D eigenvalue weighted by atomic mass is 9.88. The Morgan fingerprint density at radius 3 is 2.03 bits per heavy atom. The van der Waals surface area contributed by atoms with E-state index in [0.29, 0.717) is 17.7 Å². The standard InChI is InChI=1S/C25H30F3NO4/c1-16(21(30)15-8-17-6-13-20(32-5)14-7-17)22(29-23(31)33-24(2,3)4)18-9-11-19(12-10-18)25(26,27)28/h6-7,9-14,16,22H,8,15H2,1-5H3,(H,29,31)/t16-,22+/m0/s1. The molecule has 33 heavy (non-hydrogen) atoms. The zero-order chi connectivity index (χ0) is 24.8. The molecule has 8 heteroatoms. The predicted octanol–water partition coefficient (Wildman–Crippen LogP) is 6.12. The van der Waals surface area contributed by atoms with Crippen LogP contribution in [0.4, 0.5) is 18.0 Å². The van der Waals surface area contributed by atoms with Crippen LogP contribution in [0.15, 0.2) is 48.5 Å². The van der Waals surface area contributed by atoms with E-state index in [-0.39, 0.29) is 12.2 Å². The third kappa shape index (κ3) is 8.11. The van der Waals surface area contributed by atoms with Crippen LogP contribution in [0.5, 0.6) is 5.75 Å². The minimum absolute atomic E-state index is 0.133. The molecule has 0 radical (unpaired) electrons. The van der Waals surface area contributed by atoms with E-state index in [0.717, 1.165) is 17.7 Å². The summed E-state index contributed by atoms with van der Waals surface area (Å²) >= 11 is 0. The van der Waals surface area contributed by atoms with Crippen LogP contribution in [0.1, 0.15) is 56.8 Å². The Bertz CT molecular complexity index is 932. The minimum atomic E-state index is -4.48. The SMILES string of the molecule is COc1ccc(CCC(=O)[C@H](C)[C@@H](NC(=O)OC(C)(C)C)c2ccc(C(F)(F)F)cc2)cc1. The minimum Gasteiger partial charge on any atom is -0.497 e. The van der Waals surface area contributed by atoms with Gasteiger partial charge in [-0.05, 0) is 62.6 Å². The molecule has 2 aromatic rings. The maximum atomic E-state index is 13.0. The number of methoxy groups -OCH3 is 1. The molecule has 0 aliphatic heterocycles. The summed E-state index contributed by atoms with van der Waals surface area (Å²) in [6.45, 7) is 6.74. The average Bonchev–Trinajstić information content (AvgIpc) is 2.74. The van der Waals surface area contributed by atoms with E-state index < -0.39 is 35.4 Å². The van der Waals surface area contributed by atoms with Gasteiger partial charge in [0.2, 0.25) is 0 Å². The Balaban J connectivity index is 2.19. The number of Topliss-reactive ketones (excluding diaryl/α,β-unsaturated/α-hetero) is 1. The highest BCUT2D eigenvalue weighted by molar-refractivity contribution is 5.82. The van der Waals surface area contributed by atoms with Gasteiger partial charge in [-0.15, -0.1) is 0 Å². The second kappa shape index (κ2) is 10.7. The molecule has 2 aromatic carbocycles. The van der Waals surface area contributed by atoms with Gasteiger partial charge >= 0.3 is 12.3 Å². The Hall–Kier alpha value is -3.03. The van der Waals surface area contributed by atoms with Crippen LogP contribution in [0.2, 0.25) is 0 Å². The Labute approximate surface area is 192 Å². The highest BCUT2D eigenvalue weighted by Gasteiger charge is 2.32. The first-order valence-corrected chi connectivity index (χ1v) is 10.6. The molecule has 0 heterocycles. The van der Waals surface area contributed by atoms with E-state index in [2.05, 4.69) is 5.32 Å². The average molecular weight is 466 g/mol. The van der Waals surface area contributed by atoms with Crippen LogP contribution in [0, 0.1) is 5.92 Å². The summed E-state index contributed by atoms with van der Waals surface area (Å²) in [6.07, 6.45) is -4.53. The molecule has 5 nitrogen and oxygen atoms in total. The van der Waals surface area contributed by atoms with Crippen molar-refractivity contribution in [2.75, 3.05) is 7.11 Å². The first kappa shape index (κ1) is 26.2. The Morgan fingerprint density at radius 1 is 0.970 bits per heavy atom. The zero-order valence-electron chi connectivity index (χ0n) is 19.5. The van der Waals surface area contributed by atoms with Crippen LogP contribution >= 0.6 is 0 Å². The number of aryl methyl sites for hydroxylation is 1. The third-order valence-corrected chi connectivity index (χ3v) is 5.10. The smallest absolute Gasteiger partial charge is 0.416 e. The van der Waals surface area contributed by atoms with Gasteiger partial charge in [-0.2, -0.15) is 13.2 Å². The van der Waals surface area contributed by atoms with Crippen molar-refractivity contribution >= 4 is 11.9 Å². The molecule has 0 bridgehead atoms. The number of carbonyl (C=O) groups excluding carboxylic acids is 2. The van der Waals surface area contributed by atoms with Gasteiger partial charge in [-0.1, -0.05) is 31.2 Å². The molecule has 0 aliphatic rings. The zero-order valence-corrected chi connectivity index (χ0v) is 19.5. The maximum Gasteiger partial charge on any atom is 0.416 e. The number of amides is 1. The van der Waals surface area contributed by atoms with E-state index >= 15 is 0 Å². The summed E-state index contributed by atoms with van der Waals surface area (Å²) in [5, 5.41) is 2.66. The fourth-order valence-electron chi connectivity index (χ4n) is 3.28. The van der Waals surface area contributed by atoms with E-state index in [1.807, 2.05) is 12.1 Å². The number of hydrogen-bond donors (Lipinski definition) is 1. The number of rotatable bonds is 8. The van der Waals surface area contributed by atoms with Crippen molar-refractivity contribution in [2.45, 2.75) is 58.4 Å². The number of benzene rings is 2. The number of alkyl halides is 3. The monoisotopic (exact) mass is 465 g/mol. The molecule has 180 valence electrons. The molecule has 0 saturated heterocycles. The van der Waals surface area contributed by atoms with Gasteiger partial charge in [0.1, 0.15) is 17.1 Å². The van der Waals surface area contributed by atoms with Gasteiger partial charge in [0, 0.05) is 12.3 Å². The normalized spacial score (nSPS) is 13.7. The quantitative estimate of drug-likeness (QED) is 0.510. The van der Waals surface area contributed by atoms with Gasteiger partial charge in [0.15, 0.2) is 0 Å². The highest BCUT2D eigenvalue weighted by Crippen LogP contribution is 2.32. The molecule has 0 saturated carbocycles. The van der Waals surface area contributed by atoms with E-state index in [1.165, 1.54) is 12.1 Å². The summed E-state index contributed by atoms with van der Waals surface area (Å²) in [5.74, 6) is -0.110. The molecule has 0 fully saturated rings. The first-order chi connectivity index (χ1) is 15.3. The van der Waals surface area contributed by atoms with Crippen LogP contribution in [0.25, 0.3) is 0 Å². The summed E-state index contributed by atoms with van der Waals surface area (Å²) in [6, 6.07) is 10.9.